The van der Waals surface area contributed by atoms with Gasteiger partial charge < -0.3 is 5.11 Å². The van der Waals surface area contributed by atoms with Gasteiger partial charge in [0.25, 0.3) is 0 Å². The molecule has 120 valence electrons. The van der Waals surface area contributed by atoms with Crippen molar-refractivity contribution in [1.82, 2.24) is 4.31 Å². The molecule has 1 aliphatic rings. The molecule has 0 atom stereocenters. The second-order valence-corrected chi connectivity index (χ2v) is 8.02. The molecule has 6 nitrogen and oxygen atoms in total. The lowest BCUT2D eigenvalue weighted by Crippen LogP contribution is -2.37. The SMILES string of the molecule is O=C(O)CCC(=O)c1ccc(S(=O)(=O)N2CCSCC2)cc1. The highest BCUT2D eigenvalue weighted by Gasteiger charge is 2.26. The summed E-state index contributed by atoms with van der Waals surface area (Å²) >= 11 is 1.73. The molecule has 1 aliphatic heterocycles. The van der Waals surface area contributed by atoms with E-state index in [1.54, 1.807) is 11.8 Å². The standard InChI is InChI=1S/C14H17NO5S2/c16-13(5-6-14(17)18)11-1-3-12(4-2-11)22(19,20)15-7-9-21-10-8-15/h1-4H,5-10H2,(H,17,18). The number of hydrogen-bond acceptors (Lipinski definition) is 5. The zero-order valence-electron chi connectivity index (χ0n) is 11.9. The molecule has 1 heterocycles. The Morgan fingerprint density at radius 3 is 2.23 bits per heavy atom. The van der Waals surface area contributed by atoms with Crippen LogP contribution in [0.25, 0.3) is 0 Å². The zero-order valence-corrected chi connectivity index (χ0v) is 13.5. The van der Waals surface area contributed by atoms with Crippen molar-refractivity contribution in [2.45, 2.75) is 17.7 Å². The Morgan fingerprint density at radius 2 is 1.68 bits per heavy atom. The Bertz CT molecular complexity index is 648. The molecule has 0 radical (unpaired) electrons. The minimum absolute atomic E-state index is 0.0925. The molecule has 0 bridgehead atoms. The third kappa shape index (κ3) is 4.08. The normalized spacial score (nSPS) is 16.4. The van der Waals surface area contributed by atoms with Crippen molar-refractivity contribution in [2.24, 2.45) is 0 Å². The number of nitrogens with zero attached hydrogens (tertiary/aromatic N) is 1. The van der Waals surface area contributed by atoms with Gasteiger partial charge in [-0.1, -0.05) is 12.1 Å². The number of benzene rings is 1. The van der Waals surface area contributed by atoms with E-state index in [9.17, 15) is 18.0 Å². The lowest BCUT2D eigenvalue weighted by atomic mass is 10.1. The second-order valence-electron chi connectivity index (χ2n) is 4.86. The molecule has 0 saturated carbocycles. The number of thioether (sulfide) groups is 1. The smallest absolute Gasteiger partial charge is 0.303 e. The quantitative estimate of drug-likeness (QED) is 0.787. The second kappa shape index (κ2) is 7.26. The fraction of sp³-hybridized carbons (Fsp3) is 0.429. The molecule has 0 unspecified atom stereocenters. The third-order valence-corrected chi connectivity index (χ3v) is 6.21. The topological polar surface area (TPSA) is 91.7 Å². The fourth-order valence-corrected chi connectivity index (χ4v) is 4.69. The summed E-state index contributed by atoms with van der Waals surface area (Å²) in [6.07, 6.45) is -0.324. The van der Waals surface area contributed by atoms with Crippen molar-refractivity contribution in [3.63, 3.8) is 0 Å². The van der Waals surface area contributed by atoms with Crippen LogP contribution in [0.4, 0.5) is 0 Å². The van der Waals surface area contributed by atoms with Gasteiger partial charge >= 0.3 is 5.97 Å². The number of rotatable bonds is 6. The van der Waals surface area contributed by atoms with Gasteiger partial charge in [0.05, 0.1) is 11.3 Å². The van der Waals surface area contributed by atoms with Crippen LogP contribution >= 0.6 is 11.8 Å². The summed E-state index contributed by atoms with van der Waals surface area (Å²) in [4.78, 5) is 22.4. The van der Waals surface area contributed by atoms with Crippen LogP contribution < -0.4 is 0 Å². The summed E-state index contributed by atoms with van der Waals surface area (Å²) in [6.45, 7) is 0.985. The van der Waals surface area contributed by atoms with Gasteiger partial charge in [0, 0.05) is 36.6 Å². The first-order valence-electron chi connectivity index (χ1n) is 6.84. The van der Waals surface area contributed by atoms with Crippen molar-refractivity contribution >= 4 is 33.5 Å². The van der Waals surface area contributed by atoms with E-state index in [2.05, 4.69) is 0 Å². The molecule has 8 heteroatoms. The summed E-state index contributed by atoms with van der Waals surface area (Å²) in [6, 6.07) is 5.70. The highest BCUT2D eigenvalue weighted by molar-refractivity contribution is 7.99. The van der Waals surface area contributed by atoms with Crippen LogP contribution in [0.2, 0.25) is 0 Å². The number of ketones is 1. The Labute approximate surface area is 133 Å². The van der Waals surface area contributed by atoms with Gasteiger partial charge in [-0.3, -0.25) is 9.59 Å². The van der Waals surface area contributed by atoms with Gasteiger partial charge in [0.15, 0.2) is 5.78 Å². The predicted molar refractivity (Wildman–Crippen MR) is 83.7 cm³/mol. The van der Waals surface area contributed by atoms with Crippen molar-refractivity contribution in [2.75, 3.05) is 24.6 Å². The molecule has 0 aliphatic carbocycles. The van der Waals surface area contributed by atoms with Crippen LogP contribution in [-0.2, 0) is 14.8 Å². The Hall–Kier alpha value is -1.38. The van der Waals surface area contributed by atoms with Gasteiger partial charge in [0.2, 0.25) is 10.0 Å². The number of Topliss-reactive ketones (excluding diaryl/α,β-unsaturated/α-hetero) is 1. The monoisotopic (exact) mass is 343 g/mol. The van der Waals surface area contributed by atoms with E-state index in [4.69, 9.17) is 5.11 Å². The molecule has 1 fully saturated rings. The molecule has 1 aromatic rings. The first kappa shape index (κ1) is 17.0. The number of carboxylic acid groups (broad SMARTS) is 1. The minimum atomic E-state index is -3.52. The molecule has 0 aromatic heterocycles. The number of carbonyl (C=O) groups is 2. The summed E-state index contributed by atoms with van der Waals surface area (Å²) in [7, 11) is -3.52. The highest BCUT2D eigenvalue weighted by atomic mass is 32.2. The molecule has 1 aromatic carbocycles. The first-order valence-corrected chi connectivity index (χ1v) is 9.43. The Kier molecular flexibility index (Phi) is 5.60. The summed E-state index contributed by atoms with van der Waals surface area (Å²) in [5.41, 5.74) is 0.328. The maximum absolute atomic E-state index is 12.4. The van der Waals surface area contributed by atoms with Crippen LogP contribution in [-0.4, -0.2) is 54.2 Å². The molecule has 1 saturated heterocycles. The van der Waals surface area contributed by atoms with Crippen LogP contribution in [0.5, 0.6) is 0 Å². The number of aliphatic carboxylic acids is 1. The number of sulfonamides is 1. The number of carbonyl (C=O) groups excluding carboxylic acids is 1. The third-order valence-electron chi connectivity index (χ3n) is 3.35. The molecular weight excluding hydrogens is 326 g/mol. The predicted octanol–water partition coefficient (Wildman–Crippen LogP) is 1.47. The average Bonchev–Trinajstić information content (AvgIpc) is 2.53. The van der Waals surface area contributed by atoms with Crippen LogP contribution in [0, 0.1) is 0 Å². The molecule has 1 N–H and O–H groups in total. The van der Waals surface area contributed by atoms with E-state index in [0.717, 1.165) is 11.5 Å². The van der Waals surface area contributed by atoms with E-state index in [1.807, 2.05) is 0 Å². The van der Waals surface area contributed by atoms with Gasteiger partial charge in [-0.15, -0.1) is 0 Å². The Morgan fingerprint density at radius 1 is 1.09 bits per heavy atom. The lowest BCUT2D eigenvalue weighted by Gasteiger charge is -2.25. The van der Waals surface area contributed by atoms with Crippen LogP contribution in [0.3, 0.4) is 0 Å². The van der Waals surface area contributed by atoms with E-state index < -0.39 is 16.0 Å². The minimum Gasteiger partial charge on any atom is -0.481 e. The van der Waals surface area contributed by atoms with Gasteiger partial charge in [-0.2, -0.15) is 16.1 Å². The molecule has 0 spiro atoms. The molecule has 22 heavy (non-hydrogen) atoms. The van der Waals surface area contributed by atoms with E-state index in [-0.39, 0.29) is 23.5 Å². The van der Waals surface area contributed by atoms with Gasteiger partial charge in [-0.05, 0) is 12.1 Å². The summed E-state index contributed by atoms with van der Waals surface area (Å²) < 4.78 is 26.3. The van der Waals surface area contributed by atoms with Gasteiger partial charge in [0.1, 0.15) is 0 Å². The maximum Gasteiger partial charge on any atom is 0.303 e. The number of hydrogen-bond donors (Lipinski definition) is 1. The lowest BCUT2D eigenvalue weighted by molar-refractivity contribution is -0.136. The summed E-state index contributed by atoms with van der Waals surface area (Å²) in [5, 5.41) is 8.57. The summed E-state index contributed by atoms with van der Waals surface area (Å²) in [5.74, 6) is 0.229. The van der Waals surface area contributed by atoms with Gasteiger partial charge in [-0.25, -0.2) is 8.42 Å². The van der Waals surface area contributed by atoms with Crippen molar-refractivity contribution in [3.8, 4) is 0 Å². The van der Waals surface area contributed by atoms with E-state index in [1.165, 1.54) is 28.6 Å². The van der Waals surface area contributed by atoms with Crippen LogP contribution in [0.1, 0.15) is 23.2 Å². The number of carboxylic acids is 1. The van der Waals surface area contributed by atoms with Crippen molar-refractivity contribution < 1.29 is 23.1 Å². The van der Waals surface area contributed by atoms with Crippen molar-refractivity contribution in [1.29, 1.82) is 0 Å². The van der Waals surface area contributed by atoms with Crippen molar-refractivity contribution in [3.05, 3.63) is 29.8 Å². The van der Waals surface area contributed by atoms with Crippen LogP contribution in [0.15, 0.2) is 29.2 Å². The molecule has 0 amide bonds. The fourth-order valence-electron chi connectivity index (χ4n) is 2.11. The highest BCUT2D eigenvalue weighted by Crippen LogP contribution is 2.21. The molecular formula is C14H17NO5S2. The average molecular weight is 343 g/mol. The first-order chi connectivity index (χ1) is 10.4. The molecule has 2 rings (SSSR count). The largest absolute Gasteiger partial charge is 0.481 e. The van der Waals surface area contributed by atoms with E-state index >= 15 is 0 Å². The van der Waals surface area contributed by atoms with E-state index in [0.29, 0.717) is 18.7 Å². The zero-order chi connectivity index (χ0) is 16.2. The Balaban J connectivity index is 2.10. The maximum atomic E-state index is 12.4.